The molecular weight excluding hydrogens is 289 g/mol. The van der Waals surface area contributed by atoms with E-state index in [-0.39, 0.29) is 29.8 Å². The minimum atomic E-state index is -3.10. The molecule has 0 aromatic heterocycles. The number of hydrogen-bond acceptors (Lipinski definition) is 4. The lowest BCUT2D eigenvalue weighted by atomic mass is 10.1. The Hall–Kier alpha value is -1.96. The number of carboxylic acids is 1. The first-order valence-corrected chi connectivity index (χ1v) is 7.75. The van der Waals surface area contributed by atoms with Crippen LogP contribution in [0.25, 0.3) is 0 Å². The summed E-state index contributed by atoms with van der Waals surface area (Å²) in [4.78, 5) is 22.2. The van der Waals surface area contributed by atoms with Gasteiger partial charge >= 0.3 is 5.97 Å². The van der Waals surface area contributed by atoms with Crippen LogP contribution < -0.4 is 5.32 Å². The molecule has 0 saturated heterocycles. The van der Waals surface area contributed by atoms with Crippen LogP contribution in [0.5, 0.6) is 0 Å². The van der Waals surface area contributed by atoms with Crippen molar-refractivity contribution >= 4 is 21.7 Å². The molecule has 0 atom stereocenters. The number of carbonyl (C=O) groups is 2. The van der Waals surface area contributed by atoms with Crippen molar-refractivity contribution in [3.8, 4) is 0 Å². The maximum absolute atomic E-state index is 13.5. The number of hydrogen-bond donors (Lipinski definition) is 2. The summed E-state index contributed by atoms with van der Waals surface area (Å²) in [5.74, 6) is -3.02. The fourth-order valence-corrected chi connectivity index (χ4v) is 2.13. The van der Waals surface area contributed by atoms with Crippen molar-refractivity contribution in [3.05, 3.63) is 35.1 Å². The van der Waals surface area contributed by atoms with Gasteiger partial charge in [0.2, 0.25) is 0 Å². The van der Waals surface area contributed by atoms with Crippen molar-refractivity contribution in [1.29, 1.82) is 0 Å². The highest BCUT2D eigenvalue weighted by atomic mass is 32.2. The number of benzene rings is 1. The minimum Gasteiger partial charge on any atom is -0.478 e. The van der Waals surface area contributed by atoms with E-state index in [1.54, 1.807) is 0 Å². The monoisotopic (exact) mass is 303 g/mol. The molecule has 0 fully saturated rings. The Labute approximate surface area is 115 Å². The van der Waals surface area contributed by atoms with Gasteiger partial charge in [0, 0.05) is 12.8 Å². The molecule has 0 heterocycles. The molecule has 8 heteroatoms. The molecule has 1 aromatic rings. The summed E-state index contributed by atoms with van der Waals surface area (Å²) in [6.07, 6.45) is 1.30. The van der Waals surface area contributed by atoms with Gasteiger partial charge in [-0.1, -0.05) is 0 Å². The van der Waals surface area contributed by atoms with Crippen LogP contribution in [0.2, 0.25) is 0 Å². The zero-order chi connectivity index (χ0) is 15.3. The molecule has 0 unspecified atom stereocenters. The summed E-state index contributed by atoms with van der Waals surface area (Å²) in [7, 11) is -3.10. The zero-order valence-corrected chi connectivity index (χ0v) is 11.5. The Morgan fingerprint density at radius 1 is 1.35 bits per heavy atom. The average Bonchev–Trinajstić information content (AvgIpc) is 2.33. The van der Waals surface area contributed by atoms with E-state index in [1.807, 2.05) is 0 Å². The van der Waals surface area contributed by atoms with Gasteiger partial charge in [-0.05, 0) is 24.6 Å². The number of halogens is 1. The second-order valence-electron chi connectivity index (χ2n) is 4.24. The second-order valence-corrected chi connectivity index (χ2v) is 6.50. The Balaban J connectivity index is 2.62. The van der Waals surface area contributed by atoms with E-state index >= 15 is 0 Å². The summed E-state index contributed by atoms with van der Waals surface area (Å²) >= 11 is 0. The van der Waals surface area contributed by atoms with Crippen LogP contribution in [0.3, 0.4) is 0 Å². The van der Waals surface area contributed by atoms with Gasteiger partial charge in [0.25, 0.3) is 5.91 Å². The first-order valence-electron chi connectivity index (χ1n) is 5.69. The largest absolute Gasteiger partial charge is 0.478 e. The van der Waals surface area contributed by atoms with Gasteiger partial charge in [0.05, 0.1) is 16.9 Å². The lowest BCUT2D eigenvalue weighted by Gasteiger charge is -2.06. The van der Waals surface area contributed by atoms with Crippen LogP contribution in [0, 0.1) is 5.82 Å². The van der Waals surface area contributed by atoms with Gasteiger partial charge in [-0.15, -0.1) is 0 Å². The number of sulfone groups is 1. The molecule has 20 heavy (non-hydrogen) atoms. The minimum absolute atomic E-state index is 0.0757. The van der Waals surface area contributed by atoms with Gasteiger partial charge < -0.3 is 10.4 Å². The maximum Gasteiger partial charge on any atom is 0.335 e. The third-order valence-corrected chi connectivity index (χ3v) is 3.47. The molecule has 1 amide bonds. The highest BCUT2D eigenvalue weighted by Crippen LogP contribution is 2.10. The molecule has 0 saturated carbocycles. The SMILES string of the molecule is CS(=O)(=O)CCCNC(=O)c1ccc(C(=O)O)cc1F. The van der Waals surface area contributed by atoms with Crippen LogP contribution in [0.15, 0.2) is 18.2 Å². The maximum atomic E-state index is 13.5. The molecule has 6 nitrogen and oxygen atoms in total. The van der Waals surface area contributed by atoms with E-state index < -0.39 is 27.5 Å². The van der Waals surface area contributed by atoms with Crippen molar-refractivity contribution in [2.75, 3.05) is 18.6 Å². The first-order chi connectivity index (χ1) is 9.20. The number of aromatic carboxylic acids is 1. The number of amides is 1. The summed E-state index contributed by atoms with van der Waals surface area (Å²) in [6.45, 7) is 0.0893. The van der Waals surface area contributed by atoms with Crippen LogP contribution in [-0.2, 0) is 9.84 Å². The van der Waals surface area contributed by atoms with E-state index in [2.05, 4.69) is 5.32 Å². The molecule has 0 aliphatic heterocycles. The first kappa shape index (κ1) is 16.1. The van der Waals surface area contributed by atoms with Crippen molar-refractivity contribution < 1.29 is 27.5 Å². The highest BCUT2D eigenvalue weighted by Gasteiger charge is 2.14. The third kappa shape index (κ3) is 4.96. The van der Waals surface area contributed by atoms with Crippen LogP contribution >= 0.6 is 0 Å². The molecule has 1 rings (SSSR count). The van der Waals surface area contributed by atoms with E-state index in [9.17, 15) is 22.4 Å². The lowest BCUT2D eigenvalue weighted by Crippen LogP contribution is -2.26. The van der Waals surface area contributed by atoms with E-state index in [4.69, 9.17) is 5.11 Å². The van der Waals surface area contributed by atoms with E-state index in [0.29, 0.717) is 0 Å². The van der Waals surface area contributed by atoms with Gasteiger partial charge in [0.15, 0.2) is 0 Å². The van der Waals surface area contributed by atoms with Crippen molar-refractivity contribution in [1.82, 2.24) is 5.32 Å². The number of rotatable bonds is 6. The van der Waals surface area contributed by atoms with Gasteiger partial charge in [-0.2, -0.15) is 0 Å². The topological polar surface area (TPSA) is 101 Å². The number of carboxylic acid groups (broad SMARTS) is 1. The van der Waals surface area contributed by atoms with Crippen LogP contribution in [-0.4, -0.2) is 44.0 Å². The van der Waals surface area contributed by atoms with Gasteiger partial charge in [-0.25, -0.2) is 17.6 Å². The van der Waals surface area contributed by atoms with Crippen molar-refractivity contribution in [2.24, 2.45) is 0 Å². The highest BCUT2D eigenvalue weighted by molar-refractivity contribution is 7.90. The predicted molar refractivity (Wildman–Crippen MR) is 70.0 cm³/mol. The number of nitrogens with one attached hydrogen (secondary N) is 1. The van der Waals surface area contributed by atoms with Gasteiger partial charge in [-0.3, -0.25) is 4.79 Å². The molecule has 110 valence electrons. The van der Waals surface area contributed by atoms with Gasteiger partial charge in [0.1, 0.15) is 15.7 Å². The second kappa shape index (κ2) is 6.47. The lowest BCUT2D eigenvalue weighted by molar-refractivity contribution is 0.0695. The fraction of sp³-hybridized carbons (Fsp3) is 0.333. The summed E-state index contributed by atoms with van der Waals surface area (Å²) in [5.41, 5.74) is -0.537. The normalized spacial score (nSPS) is 11.1. The predicted octanol–water partition coefficient (Wildman–Crippen LogP) is 0.688. The van der Waals surface area contributed by atoms with E-state index in [0.717, 1.165) is 24.5 Å². The number of carbonyl (C=O) groups excluding carboxylic acids is 1. The summed E-state index contributed by atoms with van der Waals surface area (Å²) in [5, 5.41) is 11.0. The third-order valence-electron chi connectivity index (χ3n) is 2.44. The molecule has 2 N–H and O–H groups in total. The molecule has 0 aliphatic carbocycles. The summed E-state index contributed by atoms with van der Waals surface area (Å²) in [6, 6.07) is 2.95. The molecule has 0 aliphatic rings. The Kier molecular flexibility index (Phi) is 5.20. The van der Waals surface area contributed by atoms with Crippen LogP contribution in [0.1, 0.15) is 27.1 Å². The van der Waals surface area contributed by atoms with Crippen LogP contribution in [0.4, 0.5) is 4.39 Å². The zero-order valence-electron chi connectivity index (χ0n) is 10.7. The smallest absolute Gasteiger partial charge is 0.335 e. The van der Waals surface area contributed by atoms with E-state index in [1.165, 1.54) is 0 Å². The van der Waals surface area contributed by atoms with Crippen molar-refractivity contribution in [2.45, 2.75) is 6.42 Å². The molecular formula is C12H14FNO5S. The average molecular weight is 303 g/mol. The standard InChI is InChI=1S/C12H14FNO5S/c1-20(18,19)6-2-5-14-11(15)9-4-3-8(12(16)17)7-10(9)13/h3-4,7H,2,5-6H2,1H3,(H,14,15)(H,16,17). The van der Waals surface area contributed by atoms with Crippen molar-refractivity contribution in [3.63, 3.8) is 0 Å². The Morgan fingerprint density at radius 3 is 2.50 bits per heavy atom. The Morgan fingerprint density at radius 2 is 2.00 bits per heavy atom. The molecule has 1 aromatic carbocycles. The molecule has 0 radical (unpaired) electrons. The molecule has 0 spiro atoms. The quantitative estimate of drug-likeness (QED) is 0.753. The molecule has 0 bridgehead atoms. The fourth-order valence-electron chi connectivity index (χ4n) is 1.46. The summed E-state index contributed by atoms with van der Waals surface area (Å²) < 4.78 is 35.3. The Bertz CT molecular complexity index is 627.